The number of rotatable bonds is 2. The molecule has 0 saturated carbocycles. The van der Waals surface area contributed by atoms with Crippen molar-refractivity contribution in [1.82, 2.24) is 20.0 Å². The minimum Gasteiger partial charge on any atom is -0.314 e. The number of aryl methyl sites for hydroxylation is 1. The molecule has 14 heavy (non-hydrogen) atoms. The van der Waals surface area contributed by atoms with Crippen LogP contribution in [-0.4, -0.2) is 40.9 Å². The molecule has 1 N–H and O–H groups in total. The minimum absolute atomic E-state index is 0. The van der Waals surface area contributed by atoms with Gasteiger partial charge in [-0.2, -0.15) is 5.10 Å². The molecular formula is C9H17ClN4. The second-order valence-electron chi connectivity index (χ2n) is 3.51. The Bertz CT molecular complexity index is 268. The first-order valence-electron chi connectivity index (χ1n) is 4.76. The Hall–Kier alpha value is -0.580. The van der Waals surface area contributed by atoms with Crippen LogP contribution in [0.2, 0.25) is 0 Å². The molecule has 0 atom stereocenters. The summed E-state index contributed by atoms with van der Waals surface area (Å²) >= 11 is 0. The first kappa shape index (κ1) is 11.5. The standard InChI is InChI=1S/C9H16N4.ClH/c1-12-5-2-9(11-12)8-13-6-3-10-4-7-13;/h2,5,10H,3-4,6-8H2,1H3;1H. The van der Waals surface area contributed by atoms with Crippen LogP contribution in [0.15, 0.2) is 12.3 Å². The molecule has 1 saturated heterocycles. The summed E-state index contributed by atoms with van der Waals surface area (Å²) in [5.41, 5.74) is 1.17. The van der Waals surface area contributed by atoms with Crippen LogP contribution in [0.3, 0.4) is 0 Å². The van der Waals surface area contributed by atoms with E-state index in [1.54, 1.807) is 0 Å². The van der Waals surface area contributed by atoms with Gasteiger partial charge >= 0.3 is 0 Å². The molecule has 0 spiro atoms. The van der Waals surface area contributed by atoms with Crippen LogP contribution in [0.4, 0.5) is 0 Å². The second-order valence-corrected chi connectivity index (χ2v) is 3.51. The summed E-state index contributed by atoms with van der Waals surface area (Å²) in [5.74, 6) is 0. The van der Waals surface area contributed by atoms with Crippen molar-refractivity contribution in [3.05, 3.63) is 18.0 Å². The molecule has 5 heteroatoms. The normalized spacial score (nSPS) is 17.8. The summed E-state index contributed by atoms with van der Waals surface area (Å²) < 4.78 is 1.86. The number of hydrogen-bond donors (Lipinski definition) is 1. The van der Waals surface area contributed by atoms with Crippen LogP contribution < -0.4 is 5.32 Å². The van der Waals surface area contributed by atoms with Gasteiger partial charge in [0, 0.05) is 46.0 Å². The second kappa shape index (κ2) is 5.34. The van der Waals surface area contributed by atoms with Gasteiger partial charge in [-0.25, -0.2) is 0 Å². The van der Waals surface area contributed by atoms with Crippen molar-refractivity contribution in [2.75, 3.05) is 26.2 Å². The predicted molar refractivity (Wildman–Crippen MR) is 58.6 cm³/mol. The molecule has 2 heterocycles. The van der Waals surface area contributed by atoms with Crippen LogP contribution in [0, 0.1) is 0 Å². The average Bonchev–Trinajstić information content (AvgIpc) is 2.53. The number of piperazine rings is 1. The zero-order valence-corrected chi connectivity index (χ0v) is 9.26. The zero-order valence-electron chi connectivity index (χ0n) is 8.44. The van der Waals surface area contributed by atoms with Crippen molar-refractivity contribution in [1.29, 1.82) is 0 Å². The van der Waals surface area contributed by atoms with E-state index < -0.39 is 0 Å². The van der Waals surface area contributed by atoms with Crippen LogP contribution >= 0.6 is 12.4 Å². The third-order valence-electron chi connectivity index (χ3n) is 2.36. The third kappa shape index (κ3) is 2.97. The molecule has 80 valence electrons. The Morgan fingerprint density at radius 3 is 2.71 bits per heavy atom. The van der Waals surface area contributed by atoms with E-state index in [-0.39, 0.29) is 12.4 Å². The molecule has 1 aliphatic heterocycles. The number of aromatic nitrogens is 2. The fraction of sp³-hybridized carbons (Fsp3) is 0.667. The molecule has 1 aliphatic rings. The Balaban J connectivity index is 0.000000980. The maximum atomic E-state index is 4.36. The molecule has 0 amide bonds. The predicted octanol–water partition coefficient (Wildman–Crippen LogP) is 0.247. The Morgan fingerprint density at radius 2 is 2.14 bits per heavy atom. The lowest BCUT2D eigenvalue weighted by Crippen LogP contribution is -2.42. The summed E-state index contributed by atoms with van der Waals surface area (Å²) in [6, 6.07) is 2.09. The van der Waals surface area contributed by atoms with Crippen LogP contribution in [-0.2, 0) is 13.6 Å². The summed E-state index contributed by atoms with van der Waals surface area (Å²) in [6.07, 6.45) is 2.00. The van der Waals surface area contributed by atoms with Gasteiger partial charge in [0.05, 0.1) is 5.69 Å². The lowest BCUT2D eigenvalue weighted by atomic mass is 10.3. The average molecular weight is 217 g/mol. The minimum atomic E-state index is 0. The fourth-order valence-electron chi connectivity index (χ4n) is 1.65. The highest BCUT2D eigenvalue weighted by molar-refractivity contribution is 5.85. The molecule has 1 aromatic heterocycles. The van der Waals surface area contributed by atoms with Crippen molar-refractivity contribution >= 4 is 12.4 Å². The van der Waals surface area contributed by atoms with E-state index in [1.165, 1.54) is 5.69 Å². The van der Waals surface area contributed by atoms with Crippen molar-refractivity contribution in [3.63, 3.8) is 0 Å². The summed E-state index contributed by atoms with van der Waals surface area (Å²) in [7, 11) is 1.96. The third-order valence-corrected chi connectivity index (χ3v) is 2.36. The molecule has 0 radical (unpaired) electrons. The van der Waals surface area contributed by atoms with E-state index in [1.807, 2.05) is 17.9 Å². The molecule has 0 unspecified atom stereocenters. The van der Waals surface area contributed by atoms with E-state index in [0.29, 0.717) is 0 Å². The quantitative estimate of drug-likeness (QED) is 0.770. The van der Waals surface area contributed by atoms with Crippen molar-refractivity contribution in [2.24, 2.45) is 7.05 Å². The van der Waals surface area contributed by atoms with Crippen molar-refractivity contribution in [3.8, 4) is 0 Å². The Kier molecular flexibility index (Phi) is 4.38. The van der Waals surface area contributed by atoms with Gasteiger partial charge in [0.15, 0.2) is 0 Å². The fourth-order valence-corrected chi connectivity index (χ4v) is 1.65. The maximum absolute atomic E-state index is 4.36. The summed E-state index contributed by atoms with van der Waals surface area (Å²) in [6.45, 7) is 5.47. The Labute approximate surface area is 90.7 Å². The SMILES string of the molecule is Cl.Cn1ccc(CN2CCNCC2)n1. The van der Waals surface area contributed by atoms with E-state index in [4.69, 9.17) is 0 Å². The highest BCUT2D eigenvalue weighted by Gasteiger charge is 2.10. The molecule has 4 nitrogen and oxygen atoms in total. The first-order chi connectivity index (χ1) is 6.34. The number of nitrogens with zero attached hydrogens (tertiary/aromatic N) is 3. The molecule has 0 bridgehead atoms. The molecular weight excluding hydrogens is 200 g/mol. The molecule has 1 fully saturated rings. The number of halogens is 1. The van der Waals surface area contributed by atoms with Crippen molar-refractivity contribution < 1.29 is 0 Å². The Morgan fingerprint density at radius 1 is 1.43 bits per heavy atom. The van der Waals surface area contributed by atoms with Gasteiger partial charge in [-0.05, 0) is 6.07 Å². The lowest BCUT2D eigenvalue weighted by Gasteiger charge is -2.26. The van der Waals surface area contributed by atoms with Crippen LogP contribution in [0.5, 0.6) is 0 Å². The van der Waals surface area contributed by atoms with E-state index >= 15 is 0 Å². The smallest absolute Gasteiger partial charge is 0.0764 e. The van der Waals surface area contributed by atoms with Crippen LogP contribution in [0.1, 0.15) is 5.69 Å². The highest BCUT2D eigenvalue weighted by Crippen LogP contribution is 2.01. The summed E-state index contributed by atoms with van der Waals surface area (Å²) in [4.78, 5) is 2.43. The maximum Gasteiger partial charge on any atom is 0.0764 e. The molecule has 1 aromatic rings. The van der Waals surface area contributed by atoms with Crippen molar-refractivity contribution in [2.45, 2.75) is 6.54 Å². The van der Waals surface area contributed by atoms with Gasteiger partial charge in [0.25, 0.3) is 0 Å². The monoisotopic (exact) mass is 216 g/mol. The number of nitrogens with one attached hydrogen (secondary N) is 1. The van der Waals surface area contributed by atoms with E-state index in [2.05, 4.69) is 21.4 Å². The van der Waals surface area contributed by atoms with Gasteiger partial charge in [0.2, 0.25) is 0 Å². The summed E-state index contributed by atoms with van der Waals surface area (Å²) in [5, 5.41) is 7.70. The number of hydrogen-bond acceptors (Lipinski definition) is 3. The molecule has 0 aliphatic carbocycles. The van der Waals surface area contributed by atoms with Gasteiger partial charge < -0.3 is 5.32 Å². The van der Waals surface area contributed by atoms with Gasteiger partial charge in [-0.1, -0.05) is 0 Å². The highest BCUT2D eigenvalue weighted by atomic mass is 35.5. The van der Waals surface area contributed by atoms with Gasteiger partial charge in [-0.15, -0.1) is 12.4 Å². The first-order valence-corrected chi connectivity index (χ1v) is 4.76. The topological polar surface area (TPSA) is 33.1 Å². The van der Waals surface area contributed by atoms with E-state index in [9.17, 15) is 0 Å². The zero-order chi connectivity index (χ0) is 9.10. The van der Waals surface area contributed by atoms with Crippen LogP contribution in [0.25, 0.3) is 0 Å². The molecule has 2 rings (SSSR count). The molecule has 0 aromatic carbocycles. The largest absolute Gasteiger partial charge is 0.314 e. The van der Waals surface area contributed by atoms with E-state index in [0.717, 1.165) is 32.7 Å². The van der Waals surface area contributed by atoms with Gasteiger partial charge in [0.1, 0.15) is 0 Å². The lowest BCUT2D eigenvalue weighted by molar-refractivity contribution is 0.230. The van der Waals surface area contributed by atoms with Gasteiger partial charge in [-0.3, -0.25) is 9.58 Å².